The molecule has 1 heterocycles. The monoisotopic (exact) mass is 211 g/mol. The van der Waals surface area contributed by atoms with Gasteiger partial charge in [-0.2, -0.15) is 0 Å². The summed E-state index contributed by atoms with van der Waals surface area (Å²) in [5, 5.41) is 3.08. The van der Waals surface area contributed by atoms with Crippen molar-refractivity contribution >= 4 is 18.3 Å². The van der Waals surface area contributed by atoms with E-state index in [0.29, 0.717) is 0 Å². The van der Waals surface area contributed by atoms with E-state index in [4.69, 9.17) is 5.73 Å². The van der Waals surface area contributed by atoms with Crippen molar-refractivity contribution in [3.63, 3.8) is 0 Å². The molecule has 14 heavy (non-hydrogen) atoms. The van der Waals surface area contributed by atoms with Crippen LogP contribution >= 0.6 is 12.4 Å². The fourth-order valence-electron chi connectivity index (χ4n) is 1.68. The van der Waals surface area contributed by atoms with Crippen molar-refractivity contribution in [1.29, 1.82) is 0 Å². The molecule has 1 aliphatic rings. The minimum absolute atomic E-state index is 0. The fraction of sp³-hybridized carbons (Fsp3) is 0.300. The molecule has 1 radical (unpaired) electrons. The molecule has 4 heteroatoms. The molecule has 0 saturated heterocycles. The minimum Gasteiger partial charge on any atom is -0.368 e. The predicted octanol–water partition coefficient (Wildman–Crippen LogP) is 0.581. The second kappa shape index (κ2) is 4.44. The van der Waals surface area contributed by atoms with E-state index in [-0.39, 0.29) is 24.4 Å². The first-order chi connectivity index (χ1) is 6.29. The molecule has 3 N–H and O–H groups in total. The number of nitrogens with two attached hydrogens (primary N) is 1. The van der Waals surface area contributed by atoms with Crippen molar-refractivity contribution in [2.24, 2.45) is 5.73 Å². The SMILES string of the molecule is Cl.NC(=O)C1NCCc2[c]cccc21. The van der Waals surface area contributed by atoms with Crippen LogP contribution < -0.4 is 11.1 Å². The maximum absolute atomic E-state index is 11.1. The molecule has 0 bridgehead atoms. The lowest BCUT2D eigenvalue weighted by atomic mass is 9.94. The van der Waals surface area contributed by atoms with E-state index < -0.39 is 0 Å². The number of hydrogen-bond donors (Lipinski definition) is 2. The molecule has 1 aromatic carbocycles. The zero-order valence-electron chi connectivity index (χ0n) is 7.62. The van der Waals surface area contributed by atoms with Crippen LogP contribution in [0.15, 0.2) is 18.2 Å². The third kappa shape index (κ3) is 1.89. The van der Waals surface area contributed by atoms with E-state index in [9.17, 15) is 4.79 Å². The number of fused-ring (bicyclic) bond motifs is 1. The van der Waals surface area contributed by atoms with Gasteiger partial charge in [-0.1, -0.05) is 18.2 Å². The Bertz CT molecular complexity index is 341. The maximum atomic E-state index is 11.1. The Kier molecular flexibility index (Phi) is 3.49. The number of amides is 1. The summed E-state index contributed by atoms with van der Waals surface area (Å²) in [6, 6.07) is 8.46. The Balaban J connectivity index is 0.000000980. The standard InChI is InChI=1S/C10H11N2O.ClH/c11-10(13)9-8-4-2-1-3-7(8)5-6-12-9;/h1-2,4,9,12H,5-6H2,(H2,11,13);1H. The molecule has 2 rings (SSSR count). The summed E-state index contributed by atoms with van der Waals surface area (Å²) in [6.07, 6.45) is 0.917. The van der Waals surface area contributed by atoms with E-state index in [1.165, 1.54) is 0 Å². The average molecular weight is 212 g/mol. The number of carbonyl (C=O) groups excluding carboxylic acids is 1. The Labute approximate surface area is 89.1 Å². The van der Waals surface area contributed by atoms with Gasteiger partial charge in [-0.3, -0.25) is 4.79 Å². The lowest BCUT2D eigenvalue weighted by Gasteiger charge is -2.23. The Morgan fingerprint density at radius 2 is 2.43 bits per heavy atom. The van der Waals surface area contributed by atoms with Crippen LogP contribution in [-0.4, -0.2) is 12.5 Å². The number of halogens is 1. The first-order valence-electron chi connectivity index (χ1n) is 4.31. The first kappa shape index (κ1) is 11.0. The summed E-state index contributed by atoms with van der Waals surface area (Å²) in [5.41, 5.74) is 7.34. The van der Waals surface area contributed by atoms with Crippen molar-refractivity contribution in [3.05, 3.63) is 35.4 Å². The third-order valence-electron chi connectivity index (χ3n) is 2.30. The van der Waals surface area contributed by atoms with Gasteiger partial charge in [0.15, 0.2) is 0 Å². The summed E-state index contributed by atoms with van der Waals surface area (Å²) >= 11 is 0. The Morgan fingerprint density at radius 1 is 1.64 bits per heavy atom. The summed E-state index contributed by atoms with van der Waals surface area (Å²) in [4.78, 5) is 11.1. The summed E-state index contributed by atoms with van der Waals surface area (Å²) in [7, 11) is 0. The zero-order chi connectivity index (χ0) is 9.26. The van der Waals surface area contributed by atoms with Crippen molar-refractivity contribution in [1.82, 2.24) is 5.32 Å². The first-order valence-corrected chi connectivity index (χ1v) is 4.31. The molecule has 1 atom stereocenters. The molecular weight excluding hydrogens is 200 g/mol. The molecule has 1 amide bonds. The second-order valence-corrected chi connectivity index (χ2v) is 3.14. The highest BCUT2D eigenvalue weighted by Crippen LogP contribution is 2.21. The molecular formula is C10H12ClN2O. The molecule has 1 aromatic rings. The summed E-state index contributed by atoms with van der Waals surface area (Å²) in [5.74, 6) is -0.319. The highest BCUT2D eigenvalue weighted by Gasteiger charge is 2.23. The normalized spacial score (nSPS) is 19.3. The van der Waals surface area contributed by atoms with Gasteiger partial charge in [0, 0.05) is 6.54 Å². The molecule has 0 fully saturated rings. The van der Waals surface area contributed by atoms with Crippen LogP contribution in [0.3, 0.4) is 0 Å². The average Bonchev–Trinajstić information content (AvgIpc) is 2.17. The van der Waals surface area contributed by atoms with Crippen LogP contribution in [0.1, 0.15) is 17.2 Å². The zero-order valence-corrected chi connectivity index (χ0v) is 8.43. The largest absolute Gasteiger partial charge is 0.368 e. The molecule has 0 saturated carbocycles. The number of benzene rings is 1. The van der Waals surface area contributed by atoms with Gasteiger partial charge in [0.2, 0.25) is 5.91 Å². The van der Waals surface area contributed by atoms with Crippen molar-refractivity contribution < 1.29 is 4.79 Å². The van der Waals surface area contributed by atoms with Crippen LogP contribution in [0.5, 0.6) is 0 Å². The smallest absolute Gasteiger partial charge is 0.239 e. The van der Waals surface area contributed by atoms with E-state index in [0.717, 1.165) is 24.1 Å². The minimum atomic E-state index is -0.332. The van der Waals surface area contributed by atoms with E-state index in [1.54, 1.807) is 0 Å². The van der Waals surface area contributed by atoms with Gasteiger partial charge in [0.1, 0.15) is 6.04 Å². The van der Waals surface area contributed by atoms with Crippen LogP contribution in [-0.2, 0) is 11.2 Å². The maximum Gasteiger partial charge on any atom is 0.239 e. The van der Waals surface area contributed by atoms with Crippen LogP contribution in [0, 0.1) is 6.07 Å². The van der Waals surface area contributed by atoms with Gasteiger partial charge in [-0.05, 0) is 23.6 Å². The molecule has 1 unspecified atom stereocenters. The van der Waals surface area contributed by atoms with Crippen LogP contribution in [0.25, 0.3) is 0 Å². The second-order valence-electron chi connectivity index (χ2n) is 3.14. The highest BCUT2D eigenvalue weighted by molar-refractivity contribution is 5.85. The Morgan fingerprint density at radius 3 is 3.14 bits per heavy atom. The molecule has 0 aromatic heterocycles. The van der Waals surface area contributed by atoms with Gasteiger partial charge >= 0.3 is 0 Å². The molecule has 3 nitrogen and oxygen atoms in total. The lowest BCUT2D eigenvalue weighted by molar-refractivity contribution is -0.120. The van der Waals surface area contributed by atoms with Crippen molar-refractivity contribution in [2.45, 2.75) is 12.5 Å². The molecule has 1 aliphatic heterocycles. The topological polar surface area (TPSA) is 55.1 Å². The highest BCUT2D eigenvalue weighted by atomic mass is 35.5. The van der Waals surface area contributed by atoms with Gasteiger partial charge in [0.25, 0.3) is 0 Å². The van der Waals surface area contributed by atoms with Crippen LogP contribution in [0.2, 0.25) is 0 Å². The molecule has 75 valence electrons. The van der Waals surface area contributed by atoms with Crippen molar-refractivity contribution in [2.75, 3.05) is 6.54 Å². The van der Waals surface area contributed by atoms with Gasteiger partial charge in [-0.15, -0.1) is 12.4 Å². The summed E-state index contributed by atoms with van der Waals surface area (Å²) in [6.45, 7) is 0.793. The van der Waals surface area contributed by atoms with Crippen LogP contribution in [0.4, 0.5) is 0 Å². The third-order valence-corrected chi connectivity index (χ3v) is 2.30. The number of hydrogen-bond acceptors (Lipinski definition) is 2. The van der Waals surface area contributed by atoms with E-state index >= 15 is 0 Å². The number of nitrogens with one attached hydrogen (secondary N) is 1. The fourth-order valence-corrected chi connectivity index (χ4v) is 1.68. The molecule has 0 aliphatic carbocycles. The molecule has 0 spiro atoms. The summed E-state index contributed by atoms with van der Waals surface area (Å²) < 4.78 is 0. The van der Waals surface area contributed by atoms with Crippen molar-refractivity contribution in [3.8, 4) is 0 Å². The lowest BCUT2D eigenvalue weighted by Crippen LogP contribution is -2.38. The van der Waals surface area contributed by atoms with Gasteiger partial charge in [-0.25, -0.2) is 0 Å². The quantitative estimate of drug-likeness (QED) is 0.714. The number of carbonyl (C=O) groups is 1. The number of primary amides is 1. The number of rotatable bonds is 1. The van der Waals surface area contributed by atoms with Gasteiger partial charge < -0.3 is 11.1 Å². The van der Waals surface area contributed by atoms with E-state index in [2.05, 4.69) is 11.4 Å². The van der Waals surface area contributed by atoms with E-state index in [1.807, 2.05) is 18.2 Å². The van der Waals surface area contributed by atoms with Gasteiger partial charge in [0.05, 0.1) is 0 Å². The Hall–Kier alpha value is -1.06. The predicted molar refractivity (Wildman–Crippen MR) is 56.2 cm³/mol.